The lowest BCUT2D eigenvalue weighted by Gasteiger charge is -2.11. The van der Waals surface area contributed by atoms with Gasteiger partial charge < -0.3 is 5.32 Å². The molecule has 12 heavy (non-hydrogen) atoms. The number of hydrogen-bond donors (Lipinski definition) is 1. The molecule has 0 aromatic carbocycles. The molecule has 0 saturated heterocycles. The van der Waals surface area contributed by atoms with Crippen LogP contribution in [0, 0.1) is 5.92 Å². The molecular weight excluding hydrogens is 146 g/mol. The van der Waals surface area contributed by atoms with E-state index in [1.54, 1.807) is 0 Å². The Labute approximate surface area is 77.2 Å². The molecule has 0 heterocycles. The summed E-state index contributed by atoms with van der Waals surface area (Å²) >= 11 is 0. The van der Waals surface area contributed by atoms with Gasteiger partial charge in [-0.1, -0.05) is 19.9 Å². The summed E-state index contributed by atoms with van der Waals surface area (Å²) in [4.78, 5) is 0. The molecule has 1 heteroatoms. The van der Waals surface area contributed by atoms with E-state index in [4.69, 9.17) is 0 Å². The van der Waals surface area contributed by atoms with Gasteiger partial charge in [0.25, 0.3) is 0 Å². The molecule has 72 valence electrons. The Morgan fingerprint density at radius 2 is 2.00 bits per heavy atom. The molecule has 0 spiro atoms. The second-order valence-electron chi connectivity index (χ2n) is 3.92. The second kappa shape index (κ2) is 7.35. The predicted octanol–water partition coefficient (Wildman–Crippen LogP) is 2.98. The van der Waals surface area contributed by atoms with Crippen LogP contribution in [-0.2, 0) is 0 Å². The fraction of sp³-hybridized carbons (Fsp3) is 0.818. The normalized spacial score (nSPS) is 13.3. The zero-order chi connectivity index (χ0) is 9.40. The highest BCUT2D eigenvalue weighted by Gasteiger charge is 1.97. The van der Waals surface area contributed by atoms with Gasteiger partial charge in [0.05, 0.1) is 0 Å². The zero-order valence-corrected chi connectivity index (χ0v) is 8.77. The van der Waals surface area contributed by atoms with Crippen LogP contribution in [0.5, 0.6) is 0 Å². The number of hydrogen-bond acceptors (Lipinski definition) is 1. The van der Waals surface area contributed by atoms with E-state index in [0.29, 0.717) is 6.04 Å². The minimum atomic E-state index is 0.592. The number of rotatable bonds is 7. The molecule has 0 aliphatic heterocycles. The fourth-order valence-corrected chi connectivity index (χ4v) is 1.19. The Balaban J connectivity index is 3.13. The summed E-state index contributed by atoms with van der Waals surface area (Å²) in [6.07, 6.45) is 5.66. The minimum Gasteiger partial charge on any atom is -0.314 e. The van der Waals surface area contributed by atoms with Crippen molar-refractivity contribution in [1.82, 2.24) is 5.32 Å². The van der Waals surface area contributed by atoms with Crippen LogP contribution in [-0.4, -0.2) is 12.6 Å². The van der Waals surface area contributed by atoms with E-state index in [-0.39, 0.29) is 0 Å². The first kappa shape index (κ1) is 11.7. The lowest BCUT2D eigenvalue weighted by Crippen LogP contribution is -2.26. The van der Waals surface area contributed by atoms with Crippen LogP contribution in [0.25, 0.3) is 0 Å². The molecule has 1 N–H and O–H groups in total. The van der Waals surface area contributed by atoms with E-state index in [9.17, 15) is 0 Å². The van der Waals surface area contributed by atoms with Gasteiger partial charge in [-0.2, -0.15) is 0 Å². The predicted molar refractivity (Wildman–Crippen MR) is 56.4 cm³/mol. The summed E-state index contributed by atoms with van der Waals surface area (Å²) in [7, 11) is 0. The Bertz CT molecular complexity index is 108. The van der Waals surface area contributed by atoms with E-state index in [1.807, 2.05) is 6.08 Å². The van der Waals surface area contributed by atoms with Crippen LogP contribution in [0.15, 0.2) is 12.7 Å². The third-order valence-electron chi connectivity index (χ3n) is 1.97. The van der Waals surface area contributed by atoms with Crippen LogP contribution in [0.4, 0.5) is 0 Å². The maximum atomic E-state index is 3.72. The average Bonchev–Trinajstić information content (AvgIpc) is 1.98. The molecule has 0 aromatic heterocycles. The van der Waals surface area contributed by atoms with Gasteiger partial charge in [0.15, 0.2) is 0 Å². The van der Waals surface area contributed by atoms with Crippen LogP contribution in [0.1, 0.15) is 40.0 Å². The Morgan fingerprint density at radius 3 is 2.50 bits per heavy atom. The monoisotopic (exact) mass is 169 g/mol. The van der Waals surface area contributed by atoms with Gasteiger partial charge in [-0.3, -0.25) is 0 Å². The van der Waals surface area contributed by atoms with E-state index < -0.39 is 0 Å². The molecule has 1 atom stereocenters. The van der Waals surface area contributed by atoms with Gasteiger partial charge in [0, 0.05) is 6.04 Å². The standard InChI is InChI=1S/C11H23N/c1-5-7-11(4)12-9-6-8-10(2)3/h5,10-12H,1,6-9H2,2-4H3. The van der Waals surface area contributed by atoms with Crippen molar-refractivity contribution < 1.29 is 0 Å². The second-order valence-corrected chi connectivity index (χ2v) is 3.92. The molecule has 0 aliphatic rings. The Hall–Kier alpha value is -0.300. The highest BCUT2D eigenvalue weighted by Crippen LogP contribution is 2.02. The molecule has 0 bridgehead atoms. The van der Waals surface area contributed by atoms with Gasteiger partial charge in [0.2, 0.25) is 0 Å². The van der Waals surface area contributed by atoms with Crippen LogP contribution >= 0.6 is 0 Å². The molecule has 0 aromatic rings. The van der Waals surface area contributed by atoms with Gasteiger partial charge >= 0.3 is 0 Å². The molecule has 0 rings (SSSR count). The highest BCUT2D eigenvalue weighted by molar-refractivity contribution is 4.74. The third kappa shape index (κ3) is 7.80. The van der Waals surface area contributed by atoms with Gasteiger partial charge in [-0.05, 0) is 38.6 Å². The molecule has 1 nitrogen and oxygen atoms in total. The van der Waals surface area contributed by atoms with Crippen LogP contribution in [0.2, 0.25) is 0 Å². The van der Waals surface area contributed by atoms with Crippen molar-refractivity contribution in [2.24, 2.45) is 5.92 Å². The molecule has 0 aliphatic carbocycles. The molecule has 1 unspecified atom stereocenters. The van der Waals surface area contributed by atoms with E-state index >= 15 is 0 Å². The lowest BCUT2D eigenvalue weighted by atomic mass is 10.1. The quantitative estimate of drug-likeness (QED) is 0.456. The smallest absolute Gasteiger partial charge is 0.00731 e. The zero-order valence-electron chi connectivity index (χ0n) is 8.77. The number of nitrogens with one attached hydrogen (secondary N) is 1. The van der Waals surface area contributed by atoms with Crippen LogP contribution in [0.3, 0.4) is 0 Å². The average molecular weight is 169 g/mol. The summed E-state index contributed by atoms with van der Waals surface area (Å²) in [6, 6.07) is 0.592. The van der Waals surface area contributed by atoms with Gasteiger partial charge in [0.1, 0.15) is 0 Å². The van der Waals surface area contributed by atoms with Crippen molar-refractivity contribution in [1.29, 1.82) is 0 Å². The van der Waals surface area contributed by atoms with E-state index in [0.717, 1.165) is 18.9 Å². The lowest BCUT2D eigenvalue weighted by molar-refractivity contribution is 0.491. The highest BCUT2D eigenvalue weighted by atomic mass is 14.9. The van der Waals surface area contributed by atoms with Crippen LogP contribution < -0.4 is 5.32 Å². The van der Waals surface area contributed by atoms with Crippen molar-refractivity contribution >= 4 is 0 Å². The molecule has 0 amide bonds. The molecule has 0 saturated carbocycles. The van der Waals surface area contributed by atoms with E-state index in [1.165, 1.54) is 12.8 Å². The van der Waals surface area contributed by atoms with E-state index in [2.05, 4.69) is 32.7 Å². The summed E-state index contributed by atoms with van der Waals surface area (Å²) < 4.78 is 0. The molecule has 0 fully saturated rings. The van der Waals surface area contributed by atoms with Crippen molar-refractivity contribution in [2.45, 2.75) is 46.1 Å². The maximum Gasteiger partial charge on any atom is 0.00731 e. The topological polar surface area (TPSA) is 12.0 Å². The van der Waals surface area contributed by atoms with Gasteiger partial charge in [-0.15, -0.1) is 6.58 Å². The first-order chi connectivity index (χ1) is 5.66. The first-order valence-electron chi connectivity index (χ1n) is 5.01. The van der Waals surface area contributed by atoms with Gasteiger partial charge in [-0.25, -0.2) is 0 Å². The van der Waals surface area contributed by atoms with Crippen molar-refractivity contribution in [3.8, 4) is 0 Å². The molecule has 0 radical (unpaired) electrons. The summed E-state index contributed by atoms with van der Waals surface area (Å²) in [6.45, 7) is 11.6. The Kier molecular flexibility index (Phi) is 7.17. The minimum absolute atomic E-state index is 0.592. The first-order valence-corrected chi connectivity index (χ1v) is 5.01. The van der Waals surface area contributed by atoms with Crippen molar-refractivity contribution in [3.05, 3.63) is 12.7 Å². The van der Waals surface area contributed by atoms with Crippen molar-refractivity contribution in [2.75, 3.05) is 6.54 Å². The summed E-state index contributed by atoms with van der Waals surface area (Å²) in [5.41, 5.74) is 0. The SMILES string of the molecule is C=CCC(C)NCCCC(C)C. The largest absolute Gasteiger partial charge is 0.314 e. The summed E-state index contributed by atoms with van der Waals surface area (Å²) in [5.74, 6) is 0.835. The Morgan fingerprint density at radius 1 is 1.33 bits per heavy atom. The van der Waals surface area contributed by atoms with Crippen molar-refractivity contribution in [3.63, 3.8) is 0 Å². The fourth-order valence-electron chi connectivity index (χ4n) is 1.19. The maximum absolute atomic E-state index is 3.72. The molecular formula is C11H23N. The summed E-state index contributed by atoms with van der Waals surface area (Å²) in [5, 5.41) is 3.47. The third-order valence-corrected chi connectivity index (χ3v) is 1.97.